The van der Waals surface area contributed by atoms with Gasteiger partial charge < -0.3 is 14.6 Å². The number of anilines is 2. The number of carbonyl (C=O) groups is 1. The minimum absolute atomic E-state index is 0.165. The second kappa shape index (κ2) is 7.78. The normalized spacial score (nSPS) is 18.3. The maximum Gasteiger partial charge on any atom is 0.237 e. The van der Waals surface area contributed by atoms with E-state index in [1.54, 1.807) is 31.5 Å². The van der Waals surface area contributed by atoms with Gasteiger partial charge in [0, 0.05) is 24.3 Å². The molecule has 2 heterocycles. The number of amides is 1. The van der Waals surface area contributed by atoms with Gasteiger partial charge in [-0.15, -0.1) is 0 Å². The third-order valence-corrected chi connectivity index (χ3v) is 4.89. The lowest BCUT2D eigenvalue weighted by atomic mass is 10.1. The highest BCUT2D eigenvalue weighted by atomic mass is 35.5. The van der Waals surface area contributed by atoms with Crippen LogP contribution in [0.2, 0.25) is 5.02 Å². The van der Waals surface area contributed by atoms with Gasteiger partial charge >= 0.3 is 0 Å². The van der Waals surface area contributed by atoms with Crippen LogP contribution in [0.15, 0.2) is 78.2 Å². The number of nitrogens with one attached hydrogen (secondary N) is 1. The van der Waals surface area contributed by atoms with Crippen molar-refractivity contribution in [3.63, 3.8) is 0 Å². The molecule has 0 unspecified atom stereocenters. The number of carbonyl (C=O) groups excluding carboxylic acids is 1. The number of nitrogens with zero attached hydrogens (tertiary/aromatic N) is 3. The molecule has 0 fully saturated rings. The Balaban J connectivity index is 1.60. The van der Waals surface area contributed by atoms with Crippen molar-refractivity contribution in [1.82, 2.24) is 4.57 Å². The minimum Gasteiger partial charge on any atom is -0.495 e. The molecule has 0 saturated heterocycles. The minimum atomic E-state index is -0.478. The van der Waals surface area contributed by atoms with Gasteiger partial charge in [-0.05, 0) is 42.5 Å². The molecule has 0 saturated carbocycles. The van der Waals surface area contributed by atoms with Gasteiger partial charge in [0.15, 0.2) is 0 Å². The highest BCUT2D eigenvalue weighted by molar-refractivity contribution is 6.32. The number of rotatable bonds is 5. The van der Waals surface area contributed by atoms with Gasteiger partial charge in [-0.25, -0.2) is 5.01 Å². The molecule has 4 rings (SSSR count). The fourth-order valence-electron chi connectivity index (χ4n) is 3.25. The van der Waals surface area contributed by atoms with Crippen LogP contribution in [-0.2, 0) is 4.79 Å². The molecule has 6 nitrogen and oxygen atoms in total. The number of benzene rings is 2. The Morgan fingerprint density at radius 3 is 2.54 bits per heavy atom. The first-order chi connectivity index (χ1) is 13.7. The summed E-state index contributed by atoms with van der Waals surface area (Å²) in [7, 11) is 1.55. The predicted molar refractivity (Wildman–Crippen MR) is 111 cm³/mol. The molecular formula is C21H19ClN4O2. The van der Waals surface area contributed by atoms with Gasteiger partial charge in [0.05, 0.1) is 17.8 Å². The van der Waals surface area contributed by atoms with Crippen molar-refractivity contribution in [2.75, 3.05) is 17.4 Å². The van der Waals surface area contributed by atoms with Crippen molar-refractivity contribution in [3.05, 3.63) is 78.1 Å². The quantitative estimate of drug-likeness (QED) is 0.697. The fourth-order valence-corrected chi connectivity index (χ4v) is 3.51. The highest BCUT2D eigenvalue weighted by Gasteiger charge is 2.37. The molecule has 3 aromatic rings. The number of hydrogen-bond acceptors (Lipinski definition) is 4. The summed E-state index contributed by atoms with van der Waals surface area (Å²) < 4.78 is 7.14. The summed E-state index contributed by atoms with van der Waals surface area (Å²) in [6.07, 6.45) is 5.24. The summed E-state index contributed by atoms with van der Waals surface area (Å²) in [6, 6.07) is 18.8. The second-order valence-corrected chi connectivity index (χ2v) is 6.76. The molecular weight excluding hydrogens is 376 g/mol. The van der Waals surface area contributed by atoms with Gasteiger partial charge in [-0.3, -0.25) is 4.79 Å². The molecule has 1 aromatic heterocycles. The van der Waals surface area contributed by atoms with Crippen LogP contribution < -0.4 is 15.1 Å². The second-order valence-electron chi connectivity index (χ2n) is 6.35. The zero-order valence-electron chi connectivity index (χ0n) is 15.2. The van der Waals surface area contributed by atoms with Crippen LogP contribution in [0.25, 0.3) is 0 Å². The van der Waals surface area contributed by atoms with Crippen LogP contribution in [-0.4, -0.2) is 23.8 Å². The molecule has 1 aliphatic heterocycles. The standard InChI is InChI=1S/C21H19ClN4O2/c1-28-19-10-9-15(13-18(19)22)24-20(27)17-14-23-26(16-7-3-2-4-8-16)21(17)25-11-5-6-12-25/h2-14,17,21H,1H3,(H,24,27)/t17-,21-/m1/s1. The molecule has 0 radical (unpaired) electrons. The Kier molecular flexibility index (Phi) is 5.04. The number of para-hydroxylation sites is 1. The van der Waals surface area contributed by atoms with Gasteiger partial charge in [-0.2, -0.15) is 5.10 Å². The van der Waals surface area contributed by atoms with E-state index < -0.39 is 5.92 Å². The SMILES string of the molecule is COc1ccc(NC(=O)[C@H]2C=NN(c3ccccc3)[C@H]2n2cccc2)cc1Cl. The number of methoxy groups -OCH3 is 1. The van der Waals surface area contributed by atoms with E-state index in [2.05, 4.69) is 10.4 Å². The largest absolute Gasteiger partial charge is 0.495 e. The Labute approximate surface area is 168 Å². The molecule has 2 atom stereocenters. The van der Waals surface area contributed by atoms with Crippen LogP contribution in [0, 0.1) is 5.92 Å². The molecule has 1 amide bonds. The van der Waals surface area contributed by atoms with Crippen molar-refractivity contribution in [2.24, 2.45) is 11.0 Å². The highest BCUT2D eigenvalue weighted by Crippen LogP contribution is 2.34. The molecule has 142 valence electrons. The Morgan fingerprint density at radius 2 is 1.86 bits per heavy atom. The molecule has 0 bridgehead atoms. The molecule has 1 N–H and O–H groups in total. The van der Waals surface area contributed by atoms with E-state index in [9.17, 15) is 4.79 Å². The summed E-state index contributed by atoms with van der Waals surface area (Å²) in [5.41, 5.74) is 1.52. The number of halogens is 1. The third kappa shape index (κ3) is 3.46. The summed E-state index contributed by atoms with van der Waals surface area (Å²) >= 11 is 6.17. The van der Waals surface area contributed by atoms with Crippen molar-refractivity contribution in [2.45, 2.75) is 6.17 Å². The molecule has 28 heavy (non-hydrogen) atoms. The molecule has 7 heteroatoms. The van der Waals surface area contributed by atoms with Crippen molar-refractivity contribution in [3.8, 4) is 5.75 Å². The Bertz CT molecular complexity index is 989. The first-order valence-electron chi connectivity index (χ1n) is 8.82. The Morgan fingerprint density at radius 1 is 1.11 bits per heavy atom. The maximum absolute atomic E-state index is 13.0. The van der Waals surface area contributed by atoms with Gasteiger partial charge in [-0.1, -0.05) is 29.8 Å². The summed E-state index contributed by atoms with van der Waals surface area (Å²) in [4.78, 5) is 13.0. The number of hydrazone groups is 1. The topological polar surface area (TPSA) is 58.9 Å². The lowest BCUT2D eigenvalue weighted by molar-refractivity contribution is -0.118. The molecule has 0 aliphatic carbocycles. The number of hydrogen-bond donors (Lipinski definition) is 1. The lowest BCUT2D eigenvalue weighted by Gasteiger charge is -2.28. The van der Waals surface area contributed by atoms with E-state index in [0.717, 1.165) is 5.69 Å². The monoisotopic (exact) mass is 394 g/mol. The van der Waals surface area contributed by atoms with Crippen molar-refractivity contribution < 1.29 is 9.53 Å². The maximum atomic E-state index is 13.0. The third-order valence-electron chi connectivity index (χ3n) is 4.60. The predicted octanol–water partition coefficient (Wildman–Crippen LogP) is 4.41. The van der Waals surface area contributed by atoms with Crippen LogP contribution in [0.3, 0.4) is 0 Å². The van der Waals surface area contributed by atoms with E-state index in [-0.39, 0.29) is 12.1 Å². The van der Waals surface area contributed by atoms with Crippen LogP contribution in [0.4, 0.5) is 11.4 Å². The van der Waals surface area contributed by atoms with Gasteiger partial charge in [0.1, 0.15) is 17.8 Å². The van der Waals surface area contributed by atoms with Crippen molar-refractivity contribution >= 4 is 35.1 Å². The Hall–Kier alpha value is -3.25. The first-order valence-corrected chi connectivity index (χ1v) is 9.20. The number of ether oxygens (including phenoxy) is 1. The van der Waals surface area contributed by atoms with E-state index in [1.165, 1.54) is 0 Å². The first kappa shape index (κ1) is 18.1. The zero-order chi connectivity index (χ0) is 19.5. The van der Waals surface area contributed by atoms with Gasteiger partial charge in [0.25, 0.3) is 0 Å². The molecule has 2 aromatic carbocycles. The molecule has 0 spiro atoms. The van der Waals surface area contributed by atoms with E-state index in [4.69, 9.17) is 16.3 Å². The summed E-state index contributed by atoms with van der Waals surface area (Å²) in [6.45, 7) is 0. The lowest BCUT2D eigenvalue weighted by Crippen LogP contribution is -2.35. The van der Waals surface area contributed by atoms with E-state index in [0.29, 0.717) is 16.5 Å². The summed E-state index contributed by atoms with van der Waals surface area (Å²) in [5.74, 6) is -0.0850. The van der Waals surface area contributed by atoms with E-state index in [1.807, 2.05) is 64.4 Å². The smallest absolute Gasteiger partial charge is 0.237 e. The van der Waals surface area contributed by atoms with Crippen molar-refractivity contribution in [1.29, 1.82) is 0 Å². The fraction of sp³-hybridized carbons (Fsp3) is 0.143. The van der Waals surface area contributed by atoms with Crippen LogP contribution >= 0.6 is 11.6 Å². The van der Waals surface area contributed by atoms with Gasteiger partial charge in [0.2, 0.25) is 5.91 Å². The number of aromatic nitrogens is 1. The zero-order valence-corrected chi connectivity index (χ0v) is 16.0. The van der Waals surface area contributed by atoms with Crippen LogP contribution in [0.1, 0.15) is 6.17 Å². The average molecular weight is 395 g/mol. The summed E-state index contributed by atoms with van der Waals surface area (Å²) in [5, 5.41) is 9.73. The molecule has 1 aliphatic rings. The van der Waals surface area contributed by atoms with E-state index >= 15 is 0 Å². The van der Waals surface area contributed by atoms with Crippen LogP contribution in [0.5, 0.6) is 5.75 Å². The average Bonchev–Trinajstić information content (AvgIpc) is 3.38.